The maximum atomic E-state index is 11.2. The molecule has 104 valence electrons. The summed E-state index contributed by atoms with van der Waals surface area (Å²) in [4.78, 5) is 15.5. The van der Waals surface area contributed by atoms with Crippen molar-refractivity contribution in [3.8, 4) is 11.3 Å². The molecule has 1 aromatic carbocycles. The van der Waals surface area contributed by atoms with Crippen molar-refractivity contribution >= 4 is 11.7 Å². The average molecular weight is 270 g/mol. The van der Waals surface area contributed by atoms with E-state index < -0.39 is 5.97 Å². The van der Waals surface area contributed by atoms with E-state index in [1.54, 1.807) is 13.0 Å². The summed E-state index contributed by atoms with van der Waals surface area (Å²) in [6, 6.07) is 5.70. The van der Waals surface area contributed by atoms with Gasteiger partial charge in [-0.25, -0.2) is 9.78 Å². The Hall–Kier alpha value is -2.36. The van der Waals surface area contributed by atoms with Crippen molar-refractivity contribution in [2.75, 3.05) is 5.73 Å². The van der Waals surface area contributed by atoms with Crippen molar-refractivity contribution in [2.24, 2.45) is 0 Å². The van der Waals surface area contributed by atoms with Crippen LogP contribution >= 0.6 is 0 Å². The molecule has 0 bridgehead atoms. The molecule has 0 radical (unpaired) electrons. The highest BCUT2D eigenvalue weighted by Crippen LogP contribution is 2.29. The van der Waals surface area contributed by atoms with Crippen LogP contribution in [-0.2, 0) is 0 Å². The Morgan fingerprint density at radius 2 is 1.75 bits per heavy atom. The molecule has 4 nitrogen and oxygen atoms in total. The molecular formula is C16H18N2O2. The maximum absolute atomic E-state index is 11.2. The number of pyridine rings is 1. The number of rotatable bonds is 2. The van der Waals surface area contributed by atoms with Gasteiger partial charge in [0.05, 0.1) is 5.69 Å². The predicted molar refractivity (Wildman–Crippen MR) is 80.0 cm³/mol. The van der Waals surface area contributed by atoms with Crippen LogP contribution in [-0.4, -0.2) is 16.1 Å². The minimum absolute atomic E-state index is 0.0117. The van der Waals surface area contributed by atoms with Gasteiger partial charge in [-0.15, -0.1) is 0 Å². The zero-order valence-corrected chi connectivity index (χ0v) is 12.1. The van der Waals surface area contributed by atoms with E-state index in [2.05, 4.69) is 4.98 Å². The normalized spacial score (nSPS) is 10.6. The van der Waals surface area contributed by atoms with Gasteiger partial charge in [0, 0.05) is 16.8 Å². The first kappa shape index (κ1) is 14.1. The lowest BCUT2D eigenvalue weighted by Crippen LogP contribution is -2.08. The second-order valence-corrected chi connectivity index (χ2v) is 5.06. The van der Waals surface area contributed by atoms with E-state index in [4.69, 9.17) is 5.73 Å². The lowest BCUT2D eigenvalue weighted by molar-refractivity contribution is 0.0690. The molecule has 2 aromatic rings. The summed E-state index contributed by atoms with van der Waals surface area (Å²) < 4.78 is 0. The predicted octanol–water partition coefficient (Wildman–Crippen LogP) is 3.26. The first-order valence-electron chi connectivity index (χ1n) is 6.40. The number of benzene rings is 1. The van der Waals surface area contributed by atoms with Crippen LogP contribution in [0.3, 0.4) is 0 Å². The monoisotopic (exact) mass is 270 g/mol. The number of nitrogens with zero attached hydrogens (tertiary/aromatic N) is 1. The highest BCUT2D eigenvalue weighted by atomic mass is 16.4. The molecule has 0 atom stereocenters. The average Bonchev–Trinajstić information content (AvgIpc) is 2.39. The Balaban J connectivity index is 2.71. The number of hydrogen-bond acceptors (Lipinski definition) is 3. The van der Waals surface area contributed by atoms with Crippen LogP contribution in [0.4, 0.5) is 5.69 Å². The minimum Gasteiger partial charge on any atom is -0.477 e. The third-order valence-corrected chi connectivity index (χ3v) is 3.85. The van der Waals surface area contributed by atoms with Gasteiger partial charge in [0.25, 0.3) is 0 Å². The van der Waals surface area contributed by atoms with Crippen LogP contribution in [0.1, 0.15) is 32.7 Å². The quantitative estimate of drug-likeness (QED) is 0.878. The highest BCUT2D eigenvalue weighted by Gasteiger charge is 2.16. The highest BCUT2D eigenvalue weighted by molar-refractivity contribution is 5.90. The Morgan fingerprint density at radius 3 is 2.35 bits per heavy atom. The number of hydrogen-bond donors (Lipinski definition) is 2. The Morgan fingerprint density at radius 1 is 1.10 bits per heavy atom. The van der Waals surface area contributed by atoms with Crippen LogP contribution in [0.5, 0.6) is 0 Å². The first-order valence-corrected chi connectivity index (χ1v) is 6.40. The Bertz CT molecular complexity index is 706. The summed E-state index contributed by atoms with van der Waals surface area (Å²) >= 11 is 0. The molecule has 0 aliphatic carbocycles. The van der Waals surface area contributed by atoms with Crippen LogP contribution in [0, 0.1) is 27.7 Å². The van der Waals surface area contributed by atoms with Crippen LogP contribution in [0.25, 0.3) is 11.3 Å². The van der Waals surface area contributed by atoms with Crippen LogP contribution in [0.2, 0.25) is 0 Å². The van der Waals surface area contributed by atoms with E-state index in [9.17, 15) is 9.90 Å². The molecule has 0 amide bonds. The smallest absolute Gasteiger partial charge is 0.354 e. The van der Waals surface area contributed by atoms with Gasteiger partial charge in [0.15, 0.2) is 5.69 Å². The van der Waals surface area contributed by atoms with Crippen LogP contribution < -0.4 is 5.73 Å². The largest absolute Gasteiger partial charge is 0.477 e. The van der Waals surface area contributed by atoms with Gasteiger partial charge >= 0.3 is 5.97 Å². The topological polar surface area (TPSA) is 76.2 Å². The fourth-order valence-electron chi connectivity index (χ4n) is 2.21. The molecule has 0 unspecified atom stereocenters. The summed E-state index contributed by atoms with van der Waals surface area (Å²) in [6.45, 7) is 7.77. The summed E-state index contributed by atoms with van der Waals surface area (Å²) in [5, 5.41) is 9.21. The molecule has 4 heteroatoms. The number of anilines is 1. The number of carbonyl (C=O) groups is 1. The molecular weight excluding hydrogens is 252 g/mol. The molecule has 0 saturated carbocycles. The molecule has 0 fully saturated rings. The van der Waals surface area contributed by atoms with Crippen molar-refractivity contribution < 1.29 is 9.90 Å². The number of nitrogens with two attached hydrogens (primary N) is 1. The second-order valence-electron chi connectivity index (χ2n) is 5.06. The summed E-state index contributed by atoms with van der Waals surface area (Å²) in [6.07, 6.45) is 0. The van der Waals surface area contributed by atoms with Crippen molar-refractivity contribution in [1.82, 2.24) is 4.98 Å². The summed E-state index contributed by atoms with van der Waals surface area (Å²) in [7, 11) is 0. The van der Waals surface area contributed by atoms with Gasteiger partial charge in [-0.3, -0.25) is 0 Å². The van der Waals surface area contributed by atoms with Gasteiger partial charge in [0.1, 0.15) is 0 Å². The third-order valence-electron chi connectivity index (χ3n) is 3.85. The number of aryl methyl sites for hydroxylation is 1. The van der Waals surface area contributed by atoms with Crippen molar-refractivity contribution in [3.05, 3.63) is 46.1 Å². The number of carboxylic acid groups (broad SMARTS) is 1. The molecule has 0 aliphatic rings. The molecule has 20 heavy (non-hydrogen) atoms. The minimum atomic E-state index is -1.06. The van der Waals surface area contributed by atoms with E-state index in [1.807, 2.05) is 32.9 Å². The van der Waals surface area contributed by atoms with Gasteiger partial charge in [-0.1, -0.05) is 12.1 Å². The van der Waals surface area contributed by atoms with Crippen LogP contribution in [0.15, 0.2) is 18.2 Å². The molecule has 1 aromatic heterocycles. The number of aromatic nitrogens is 1. The van der Waals surface area contributed by atoms with Crippen molar-refractivity contribution in [3.63, 3.8) is 0 Å². The summed E-state index contributed by atoms with van der Waals surface area (Å²) in [5.74, 6) is -1.06. The number of nitrogen functional groups attached to an aromatic ring is 1. The molecule has 0 spiro atoms. The van der Waals surface area contributed by atoms with Crippen molar-refractivity contribution in [1.29, 1.82) is 0 Å². The lowest BCUT2D eigenvalue weighted by Gasteiger charge is -2.13. The SMILES string of the molecule is Cc1ccc(-c2cc(N)c(C)c(C(=O)O)n2)c(C)c1C. The van der Waals surface area contributed by atoms with E-state index in [1.165, 1.54) is 11.1 Å². The second kappa shape index (κ2) is 4.96. The fourth-order valence-corrected chi connectivity index (χ4v) is 2.21. The zero-order valence-electron chi connectivity index (χ0n) is 12.1. The van der Waals surface area contributed by atoms with E-state index in [0.717, 1.165) is 11.1 Å². The first-order chi connectivity index (χ1) is 9.32. The van der Waals surface area contributed by atoms with Gasteiger partial charge in [-0.2, -0.15) is 0 Å². The van der Waals surface area contributed by atoms with Gasteiger partial charge < -0.3 is 10.8 Å². The standard InChI is InChI=1S/C16H18N2O2/c1-8-5-6-12(10(3)9(8)2)14-7-13(17)11(4)15(18-14)16(19)20/h5-7H,1-4H3,(H2,17,18)(H,19,20). The van der Waals surface area contributed by atoms with Gasteiger partial charge in [-0.05, 0) is 50.5 Å². The third kappa shape index (κ3) is 2.25. The van der Waals surface area contributed by atoms with Gasteiger partial charge in [0.2, 0.25) is 0 Å². The summed E-state index contributed by atoms with van der Waals surface area (Å²) in [5.41, 5.74) is 11.9. The van der Waals surface area contributed by atoms with E-state index in [0.29, 0.717) is 16.9 Å². The molecule has 3 N–H and O–H groups in total. The van der Waals surface area contributed by atoms with Crippen molar-refractivity contribution in [2.45, 2.75) is 27.7 Å². The maximum Gasteiger partial charge on any atom is 0.354 e. The molecule has 0 saturated heterocycles. The molecule has 2 rings (SSSR count). The van der Waals surface area contributed by atoms with E-state index >= 15 is 0 Å². The zero-order chi connectivity index (χ0) is 15.0. The fraction of sp³-hybridized carbons (Fsp3) is 0.250. The molecule has 0 aliphatic heterocycles. The number of carboxylic acids is 1. The Labute approximate surface area is 118 Å². The Kier molecular flexibility index (Phi) is 3.49. The lowest BCUT2D eigenvalue weighted by atomic mass is 9.96. The molecule has 1 heterocycles. The van der Waals surface area contributed by atoms with E-state index in [-0.39, 0.29) is 5.69 Å². The number of aromatic carboxylic acids is 1.